The number of methoxy groups -OCH3 is 1. The number of aromatic amines is 1. The van der Waals surface area contributed by atoms with Crippen molar-refractivity contribution in [2.24, 2.45) is 0 Å². The standard InChI is InChI=1S/C23H21ClN4O2/c1-13-11-16(9-10-17(13)23(29)30-4)19-12-20(27-26-19)22-14(2)28(15(3)25-22)21-8-6-5-7-18(21)24/h5-12H,1-4H3,(H,26,27). The Morgan fingerprint density at radius 3 is 2.57 bits per heavy atom. The van der Waals surface area contributed by atoms with Crippen molar-refractivity contribution in [3.8, 4) is 28.3 Å². The molecule has 0 aliphatic carbocycles. The van der Waals surface area contributed by atoms with Crippen molar-refractivity contribution < 1.29 is 9.53 Å². The van der Waals surface area contributed by atoms with Crippen molar-refractivity contribution in [3.05, 3.63) is 76.2 Å². The summed E-state index contributed by atoms with van der Waals surface area (Å²) >= 11 is 6.40. The lowest BCUT2D eigenvalue weighted by Crippen LogP contribution is -2.03. The van der Waals surface area contributed by atoms with Gasteiger partial charge in [0.2, 0.25) is 0 Å². The van der Waals surface area contributed by atoms with Gasteiger partial charge in [0.05, 0.1) is 34.8 Å². The monoisotopic (exact) mass is 420 g/mol. The number of imidazole rings is 1. The van der Waals surface area contributed by atoms with E-state index in [4.69, 9.17) is 21.3 Å². The Hall–Kier alpha value is -3.38. The molecule has 7 heteroatoms. The lowest BCUT2D eigenvalue weighted by molar-refractivity contribution is 0.0600. The molecule has 0 radical (unpaired) electrons. The molecule has 1 N–H and O–H groups in total. The van der Waals surface area contributed by atoms with E-state index in [9.17, 15) is 4.79 Å². The van der Waals surface area contributed by atoms with Gasteiger partial charge in [0, 0.05) is 11.3 Å². The molecule has 0 saturated carbocycles. The lowest BCUT2D eigenvalue weighted by atomic mass is 10.0. The summed E-state index contributed by atoms with van der Waals surface area (Å²) in [6.45, 7) is 5.84. The first-order chi connectivity index (χ1) is 14.4. The Bertz CT molecular complexity index is 1260. The first kappa shape index (κ1) is 19.9. The van der Waals surface area contributed by atoms with Crippen molar-refractivity contribution in [3.63, 3.8) is 0 Å². The first-order valence-electron chi connectivity index (χ1n) is 9.46. The van der Waals surface area contributed by atoms with Gasteiger partial charge in [0.25, 0.3) is 0 Å². The number of hydrogen-bond donors (Lipinski definition) is 1. The first-order valence-corrected chi connectivity index (χ1v) is 9.84. The molecule has 4 rings (SSSR count). The van der Waals surface area contributed by atoms with Crippen molar-refractivity contribution in [2.75, 3.05) is 7.11 Å². The fraction of sp³-hybridized carbons (Fsp3) is 0.174. The van der Waals surface area contributed by atoms with Crippen LogP contribution in [0, 0.1) is 20.8 Å². The van der Waals surface area contributed by atoms with E-state index in [1.165, 1.54) is 7.11 Å². The molecule has 0 bridgehead atoms. The zero-order valence-corrected chi connectivity index (χ0v) is 17.9. The maximum absolute atomic E-state index is 11.8. The third-order valence-corrected chi connectivity index (χ3v) is 5.45. The molecular weight excluding hydrogens is 400 g/mol. The van der Waals surface area contributed by atoms with Crippen LogP contribution in [0.3, 0.4) is 0 Å². The van der Waals surface area contributed by atoms with Crippen molar-refractivity contribution in [2.45, 2.75) is 20.8 Å². The maximum atomic E-state index is 11.8. The summed E-state index contributed by atoms with van der Waals surface area (Å²) in [4.78, 5) is 16.6. The highest BCUT2D eigenvalue weighted by Gasteiger charge is 2.18. The van der Waals surface area contributed by atoms with E-state index in [1.54, 1.807) is 6.07 Å². The summed E-state index contributed by atoms with van der Waals surface area (Å²) in [5, 5.41) is 8.20. The molecule has 0 unspecified atom stereocenters. The number of nitrogens with zero attached hydrogens (tertiary/aromatic N) is 3. The quantitative estimate of drug-likeness (QED) is 0.455. The Balaban J connectivity index is 1.72. The SMILES string of the molecule is COC(=O)c1ccc(-c2cc(-c3nc(C)n(-c4ccccc4Cl)c3C)[nH]n2)cc1C. The van der Waals surface area contributed by atoms with Crippen LogP contribution in [-0.2, 0) is 4.74 Å². The van der Waals surface area contributed by atoms with E-state index < -0.39 is 0 Å². The fourth-order valence-corrected chi connectivity index (χ4v) is 3.86. The number of rotatable bonds is 4. The van der Waals surface area contributed by atoms with Crippen LogP contribution in [-0.4, -0.2) is 32.8 Å². The Kier molecular flexibility index (Phi) is 5.18. The number of aromatic nitrogens is 4. The van der Waals surface area contributed by atoms with E-state index >= 15 is 0 Å². The molecule has 2 aromatic heterocycles. The van der Waals surface area contributed by atoms with Crippen molar-refractivity contribution in [1.29, 1.82) is 0 Å². The second kappa shape index (κ2) is 7.80. The number of ether oxygens (including phenoxy) is 1. The molecule has 6 nitrogen and oxygen atoms in total. The van der Waals surface area contributed by atoms with Crippen LogP contribution in [0.2, 0.25) is 5.02 Å². The van der Waals surface area contributed by atoms with Crippen LogP contribution in [0.15, 0.2) is 48.5 Å². The maximum Gasteiger partial charge on any atom is 0.338 e. The van der Waals surface area contributed by atoms with Gasteiger partial charge in [0.1, 0.15) is 11.5 Å². The van der Waals surface area contributed by atoms with Crippen LogP contribution in [0.25, 0.3) is 28.3 Å². The summed E-state index contributed by atoms with van der Waals surface area (Å²) in [5.41, 5.74) is 6.53. The summed E-state index contributed by atoms with van der Waals surface area (Å²) in [7, 11) is 1.38. The number of hydrogen-bond acceptors (Lipinski definition) is 4. The van der Waals surface area contributed by atoms with Crippen LogP contribution in [0.4, 0.5) is 0 Å². The average Bonchev–Trinajstić information content (AvgIpc) is 3.33. The normalized spacial score (nSPS) is 11.0. The van der Waals surface area contributed by atoms with Gasteiger partial charge in [-0.3, -0.25) is 9.67 Å². The van der Waals surface area contributed by atoms with Crippen LogP contribution in [0.5, 0.6) is 0 Å². The van der Waals surface area contributed by atoms with E-state index in [-0.39, 0.29) is 5.97 Å². The number of nitrogens with one attached hydrogen (secondary N) is 1. The van der Waals surface area contributed by atoms with Gasteiger partial charge in [-0.15, -0.1) is 0 Å². The molecule has 2 heterocycles. The van der Waals surface area contributed by atoms with E-state index in [0.29, 0.717) is 10.6 Å². The largest absolute Gasteiger partial charge is 0.465 e. The second-order valence-electron chi connectivity index (χ2n) is 7.07. The van der Waals surface area contributed by atoms with Crippen LogP contribution in [0.1, 0.15) is 27.4 Å². The second-order valence-corrected chi connectivity index (χ2v) is 7.48. The predicted molar refractivity (Wildman–Crippen MR) is 117 cm³/mol. The Morgan fingerprint density at radius 2 is 1.87 bits per heavy atom. The fourth-order valence-electron chi connectivity index (χ4n) is 3.64. The van der Waals surface area contributed by atoms with Crippen molar-refractivity contribution in [1.82, 2.24) is 19.7 Å². The van der Waals surface area contributed by atoms with Crippen molar-refractivity contribution >= 4 is 17.6 Å². The number of para-hydroxylation sites is 1. The predicted octanol–water partition coefficient (Wildman–Crippen LogP) is 5.29. The van der Waals surface area contributed by atoms with Crippen LogP contribution < -0.4 is 0 Å². The average molecular weight is 421 g/mol. The zero-order chi connectivity index (χ0) is 21.4. The minimum Gasteiger partial charge on any atom is -0.465 e. The zero-order valence-electron chi connectivity index (χ0n) is 17.2. The molecule has 152 valence electrons. The number of benzene rings is 2. The molecule has 0 aliphatic heterocycles. The van der Waals surface area contributed by atoms with Crippen LogP contribution >= 0.6 is 11.6 Å². The molecule has 30 heavy (non-hydrogen) atoms. The minimum atomic E-state index is -0.349. The highest BCUT2D eigenvalue weighted by Crippen LogP contribution is 2.30. The number of H-pyrrole nitrogens is 1. The van der Waals surface area contributed by atoms with Gasteiger partial charge in [-0.1, -0.05) is 29.8 Å². The van der Waals surface area contributed by atoms with Gasteiger partial charge >= 0.3 is 5.97 Å². The molecule has 0 aliphatic rings. The van der Waals surface area contributed by atoms with E-state index in [1.807, 2.05) is 67.8 Å². The topological polar surface area (TPSA) is 72.8 Å². The number of esters is 1. The van der Waals surface area contributed by atoms with Gasteiger partial charge in [-0.25, -0.2) is 9.78 Å². The summed E-state index contributed by atoms with van der Waals surface area (Å²) in [5.74, 6) is 0.489. The number of aryl methyl sites for hydroxylation is 2. The molecule has 2 aromatic carbocycles. The minimum absolute atomic E-state index is 0.349. The van der Waals surface area contributed by atoms with Gasteiger partial charge in [-0.2, -0.15) is 5.10 Å². The molecule has 0 spiro atoms. The summed E-state index contributed by atoms with van der Waals surface area (Å²) in [6, 6.07) is 15.2. The highest BCUT2D eigenvalue weighted by molar-refractivity contribution is 6.32. The summed E-state index contributed by atoms with van der Waals surface area (Å²) in [6.07, 6.45) is 0. The number of carbonyl (C=O) groups excluding carboxylic acids is 1. The third kappa shape index (κ3) is 3.39. The van der Waals surface area contributed by atoms with Gasteiger partial charge in [0.15, 0.2) is 0 Å². The van der Waals surface area contributed by atoms with E-state index in [2.05, 4.69) is 10.2 Å². The Labute approximate surface area is 179 Å². The van der Waals surface area contributed by atoms with Gasteiger partial charge in [-0.05, 0) is 56.7 Å². The molecule has 0 atom stereocenters. The number of carbonyl (C=O) groups is 1. The molecule has 0 amide bonds. The lowest BCUT2D eigenvalue weighted by Gasteiger charge is -2.09. The smallest absolute Gasteiger partial charge is 0.338 e. The Morgan fingerprint density at radius 1 is 1.10 bits per heavy atom. The summed E-state index contributed by atoms with van der Waals surface area (Å²) < 4.78 is 6.85. The molecule has 0 fully saturated rings. The van der Waals surface area contributed by atoms with E-state index in [0.717, 1.165) is 45.4 Å². The number of halogens is 1. The molecule has 4 aromatic rings. The molecular formula is C23H21ClN4O2. The molecule has 0 saturated heterocycles. The third-order valence-electron chi connectivity index (χ3n) is 5.13. The van der Waals surface area contributed by atoms with Gasteiger partial charge < -0.3 is 4.74 Å². The highest BCUT2D eigenvalue weighted by atomic mass is 35.5.